The van der Waals surface area contributed by atoms with Crippen molar-refractivity contribution in [3.63, 3.8) is 0 Å². The summed E-state index contributed by atoms with van der Waals surface area (Å²) >= 11 is 5.55. The van der Waals surface area contributed by atoms with Crippen LogP contribution in [0.25, 0.3) is 0 Å². The normalized spacial score (nSPS) is 11.0. The molecular formula is C9H10ClF2NO. The van der Waals surface area contributed by atoms with Crippen molar-refractivity contribution in [2.45, 2.75) is 25.8 Å². The molecule has 0 saturated heterocycles. The summed E-state index contributed by atoms with van der Waals surface area (Å²) in [6.07, 6.45) is -2.56. The average molecular weight is 222 g/mol. The van der Waals surface area contributed by atoms with Crippen LogP contribution in [-0.4, -0.2) is 10.1 Å². The lowest BCUT2D eigenvalue weighted by molar-refractivity contribution is 0.150. The van der Waals surface area contributed by atoms with Crippen molar-refractivity contribution in [3.8, 4) is 0 Å². The number of aliphatic hydroxyl groups excluding tert-OH is 1. The third-order valence-electron chi connectivity index (χ3n) is 1.99. The number of rotatable bonds is 3. The van der Waals surface area contributed by atoms with Crippen molar-refractivity contribution in [1.29, 1.82) is 0 Å². The molecule has 2 nitrogen and oxygen atoms in total. The Kier molecular flexibility index (Phi) is 3.77. The molecule has 0 aromatic carbocycles. The highest BCUT2D eigenvalue weighted by atomic mass is 35.5. The number of aromatic nitrogens is 1. The highest BCUT2D eigenvalue weighted by Crippen LogP contribution is 2.25. The number of aliphatic hydroxyl groups is 1. The van der Waals surface area contributed by atoms with Gasteiger partial charge in [0, 0.05) is 5.56 Å². The predicted molar refractivity (Wildman–Crippen MR) is 49.4 cm³/mol. The highest BCUT2D eigenvalue weighted by molar-refractivity contribution is 6.17. The Morgan fingerprint density at radius 1 is 1.57 bits per heavy atom. The number of alkyl halides is 3. The zero-order valence-corrected chi connectivity index (χ0v) is 8.35. The Labute approximate surface area is 85.5 Å². The third-order valence-corrected chi connectivity index (χ3v) is 2.24. The first-order valence-electron chi connectivity index (χ1n) is 4.04. The summed E-state index contributed by atoms with van der Waals surface area (Å²) in [5.74, 6) is 0.0688. The van der Waals surface area contributed by atoms with Crippen molar-refractivity contribution in [2.75, 3.05) is 0 Å². The maximum atomic E-state index is 12.5. The summed E-state index contributed by atoms with van der Waals surface area (Å²) in [5.41, 5.74) is 0.905. The lowest BCUT2D eigenvalue weighted by Crippen LogP contribution is -2.02. The average Bonchev–Trinajstić information content (AvgIpc) is 2.17. The summed E-state index contributed by atoms with van der Waals surface area (Å²) in [6, 6.07) is 1.20. The van der Waals surface area contributed by atoms with E-state index in [1.807, 2.05) is 0 Å². The van der Waals surface area contributed by atoms with Gasteiger partial charge in [-0.15, -0.1) is 11.6 Å². The first-order valence-corrected chi connectivity index (χ1v) is 4.57. The van der Waals surface area contributed by atoms with Crippen molar-refractivity contribution >= 4 is 11.6 Å². The standard InChI is InChI=1S/C9H10ClF2NO/c1-5-7(9(11)12)2-6(4-14)13-8(5)3-10/h2,9,14H,3-4H2,1H3. The third kappa shape index (κ3) is 2.19. The van der Waals surface area contributed by atoms with Gasteiger partial charge in [-0.25, -0.2) is 8.78 Å². The Bertz CT molecular complexity index is 331. The van der Waals surface area contributed by atoms with Crippen LogP contribution in [-0.2, 0) is 12.5 Å². The van der Waals surface area contributed by atoms with E-state index in [0.717, 1.165) is 0 Å². The maximum absolute atomic E-state index is 12.5. The molecular weight excluding hydrogens is 212 g/mol. The van der Waals surface area contributed by atoms with Crippen molar-refractivity contribution in [3.05, 3.63) is 28.6 Å². The number of halogens is 3. The van der Waals surface area contributed by atoms with Gasteiger partial charge in [-0.2, -0.15) is 0 Å². The van der Waals surface area contributed by atoms with E-state index in [2.05, 4.69) is 4.98 Å². The zero-order valence-electron chi connectivity index (χ0n) is 7.60. The zero-order chi connectivity index (χ0) is 10.7. The van der Waals surface area contributed by atoms with Gasteiger partial charge in [0.05, 0.1) is 23.9 Å². The molecule has 78 valence electrons. The molecule has 1 aromatic heterocycles. The topological polar surface area (TPSA) is 33.1 Å². The monoisotopic (exact) mass is 221 g/mol. The van der Waals surface area contributed by atoms with E-state index in [-0.39, 0.29) is 23.7 Å². The SMILES string of the molecule is Cc1c(C(F)F)cc(CO)nc1CCl. The second-order valence-corrected chi connectivity index (χ2v) is 3.13. The molecule has 0 amide bonds. The summed E-state index contributed by atoms with van der Waals surface area (Å²) in [4.78, 5) is 3.94. The fraction of sp³-hybridized carbons (Fsp3) is 0.444. The van der Waals surface area contributed by atoms with E-state index in [1.54, 1.807) is 6.92 Å². The van der Waals surface area contributed by atoms with Crippen LogP contribution in [0.2, 0.25) is 0 Å². The summed E-state index contributed by atoms with van der Waals surface area (Å²) in [5, 5.41) is 8.80. The molecule has 0 spiro atoms. The molecule has 5 heteroatoms. The Hall–Kier alpha value is -0.740. The van der Waals surface area contributed by atoms with Gasteiger partial charge in [0.1, 0.15) is 0 Å². The van der Waals surface area contributed by atoms with Crippen LogP contribution in [0.5, 0.6) is 0 Å². The second kappa shape index (κ2) is 4.66. The van der Waals surface area contributed by atoms with E-state index >= 15 is 0 Å². The lowest BCUT2D eigenvalue weighted by Gasteiger charge is -2.10. The van der Waals surface area contributed by atoms with E-state index in [9.17, 15) is 8.78 Å². The van der Waals surface area contributed by atoms with Crippen LogP contribution in [0.4, 0.5) is 8.78 Å². The number of nitrogens with zero attached hydrogens (tertiary/aromatic N) is 1. The first-order chi connectivity index (χ1) is 6.60. The quantitative estimate of drug-likeness (QED) is 0.796. The first kappa shape index (κ1) is 11.3. The minimum Gasteiger partial charge on any atom is -0.390 e. The Morgan fingerprint density at radius 3 is 2.64 bits per heavy atom. The van der Waals surface area contributed by atoms with Crippen molar-refractivity contribution in [2.24, 2.45) is 0 Å². The summed E-state index contributed by atoms with van der Waals surface area (Å²) in [7, 11) is 0. The molecule has 0 fully saturated rings. The van der Waals surface area contributed by atoms with E-state index in [1.165, 1.54) is 6.07 Å². The second-order valence-electron chi connectivity index (χ2n) is 2.87. The van der Waals surface area contributed by atoms with Gasteiger partial charge in [0.2, 0.25) is 0 Å². The molecule has 0 unspecified atom stereocenters. The Morgan fingerprint density at radius 2 is 2.21 bits per heavy atom. The smallest absolute Gasteiger partial charge is 0.264 e. The van der Waals surface area contributed by atoms with E-state index in [4.69, 9.17) is 16.7 Å². The molecule has 1 N–H and O–H groups in total. The minimum atomic E-state index is -2.56. The summed E-state index contributed by atoms with van der Waals surface area (Å²) in [6.45, 7) is 1.19. The fourth-order valence-corrected chi connectivity index (χ4v) is 1.44. The summed E-state index contributed by atoms with van der Waals surface area (Å²) < 4.78 is 25.0. The van der Waals surface area contributed by atoms with Gasteiger partial charge in [0.15, 0.2) is 0 Å². The van der Waals surface area contributed by atoms with Gasteiger partial charge in [-0.3, -0.25) is 4.98 Å². The molecule has 0 bridgehead atoms. The lowest BCUT2D eigenvalue weighted by atomic mass is 10.1. The molecule has 0 radical (unpaired) electrons. The van der Waals surface area contributed by atoms with Crippen LogP contribution in [0, 0.1) is 6.92 Å². The van der Waals surface area contributed by atoms with Crippen LogP contribution in [0.15, 0.2) is 6.07 Å². The van der Waals surface area contributed by atoms with Crippen molar-refractivity contribution in [1.82, 2.24) is 4.98 Å². The molecule has 0 aliphatic carbocycles. The minimum absolute atomic E-state index is 0.0688. The molecule has 0 atom stereocenters. The number of hydrogen-bond donors (Lipinski definition) is 1. The largest absolute Gasteiger partial charge is 0.390 e. The number of hydrogen-bond acceptors (Lipinski definition) is 2. The molecule has 0 aliphatic heterocycles. The molecule has 0 aliphatic rings. The van der Waals surface area contributed by atoms with Crippen LogP contribution in [0.3, 0.4) is 0 Å². The van der Waals surface area contributed by atoms with Crippen molar-refractivity contribution < 1.29 is 13.9 Å². The van der Waals surface area contributed by atoms with Crippen LogP contribution in [0.1, 0.15) is 28.9 Å². The van der Waals surface area contributed by atoms with Crippen LogP contribution < -0.4 is 0 Å². The van der Waals surface area contributed by atoms with Crippen LogP contribution >= 0.6 is 11.6 Å². The molecule has 0 saturated carbocycles. The predicted octanol–water partition coefficient (Wildman–Crippen LogP) is 2.56. The van der Waals surface area contributed by atoms with Gasteiger partial charge in [0.25, 0.3) is 6.43 Å². The number of pyridine rings is 1. The fourth-order valence-electron chi connectivity index (χ4n) is 1.18. The molecule has 1 aromatic rings. The van der Waals surface area contributed by atoms with Gasteiger partial charge < -0.3 is 5.11 Å². The molecule has 1 rings (SSSR count). The van der Waals surface area contributed by atoms with E-state index < -0.39 is 6.43 Å². The van der Waals surface area contributed by atoms with Gasteiger partial charge in [-0.1, -0.05) is 0 Å². The Balaban J connectivity index is 3.27. The maximum Gasteiger partial charge on any atom is 0.264 e. The van der Waals surface area contributed by atoms with Gasteiger partial charge in [-0.05, 0) is 18.6 Å². The van der Waals surface area contributed by atoms with E-state index in [0.29, 0.717) is 11.3 Å². The molecule has 1 heterocycles. The highest BCUT2D eigenvalue weighted by Gasteiger charge is 2.15. The van der Waals surface area contributed by atoms with Gasteiger partial charge >= 0.3 is 0 Å². The molecule has 14 heavy (non-hydrogen) atoms.